The first-order valence-corrected chi connectivity index (χ1v) is 6.13. The van der Waals surface area contributed by atoms with Gasteiger partial charge in [0.25, 0.3) is 0 Å². The Morgan fingerprint density at radius 1 is 1.72 bits per heavy atom. The van der Waals surface area contributed by atoms with Crippen molar-refractivity contribution in [1.29, 1.82) is 0 Å². The smallest absolute Gasteiger partial charge is 0.407 e. The molecule has 1 saturated heterocycles. The lowest BCUT2D eigenvalue weighted by Gasteiger charge is -2.23. The molecular formula is C12H22N2O4. The summed E-state index contributed by atoms with van der Waals surface area (Å²) in [5.74, 6) is -0.575. The molecule has 104 valence electrons. The van der Waals surface area contributed by atoms with Gasteiger partial charge in [-0.25, -0.2) is 4.79 Å². The van der Waals surface area contributed by atoms with Crippen LogP contribution in [0.5, 0.6) is 0 Å². The number of rotatable bonds is 4. The first kappa shape index (κ1) is 13.1. The number of amides is 2. The normalized spacial score (nSPS) is 22.7. The van der Waals surface area contributed by atoms with Crippen LogP contribution in [0.25, 0.3) is 0 Å². The molecule has 0 bridgehead atoms. The van der Waals surface area contributed by atoms with E-state index in [2.05, 4.69) is 5.32 Å². The largest absolute Gasteiger partial charge is 0.444 e. The third-order valence-electron chi connectivity index (χ3n) is 2.60. The van der Waals surface area contributed by atoms with Gasteiger partial charge in [-0.2, -0.15) is 0 Å². The first-order chi connectivity index (χ1) is 8.73. The van der Waals surface area contributed by atoms with Crippen LogP contribution in [0.4, 0.5) is 4.79 Å². The number of carbonyl (C=O) groups excluding carboxylic acids is 2. The van der Waals surface area contributed by atoms with E-state index in [4.69, 9.17) is 6.15 Å². The molecule has 0 saturated carbocycles. The molecular weight excluding hydrogens is 236 g/mol. The number of ether oxygens (including phenoxy) is 1. The maximum atomic E-state index is 11.6. The topological polar surface area (TPSA) is 87.7 Å². The summed E-state index contributed by atoms with van der Waals surface area (Å²) in [7, 11) is 0. The van der Waals surface area contributed by atoms with Gasteiger partial charge in [0, 0.05) is 12.5 Å². The highest BCUT2D eigenvalue weighted by Gasteiger charge is 2.28. The third kappa shape index (κ3) is 4.91. The van der Waals surface area contributed by atoms with Crippen LogP contribution >= 0.6 is 0 Å². The molecule has 0 radical (unpaired) electrons. The molecule has 6 heteroatoms. The fourth-order valence-corrected chi connectivity index (χ4v) is 1.80. The van der Waals surface area contributed by atoms with Crippen LogP contribution in [0.1, 0.15) is 33.6 Å². The molecule has 1 rings (SSSR count). The van der Waals surface area contributed by atoms with Crippen molar-refractivity contribution < 1.29 is 20.8 Å². The lowest BCUT2D eigenvalue weighted by molar-refractivity contribution is -0.122. The second kappa shape index (κ2) is 6.04. The molecule has 0 spiro atoms. The lowest BCUT2D eigenvalue weighted by Crippen LogP contribution is -2.42. The van der Waals surface area contributed by atoms with E-state index in [1.165, 1.54) is 0 Å². The zero-order valence-corrected chi connectivity index (χ0v) is 11.1. The van der Waals surface area contributed by atoms with E-state index in [-0.39, 0.29) is 18.4 Å². The van der Waals surface area contributed by atoms with Gasteiger partial charge in [-0.05, 0) is 33.6 Å². The lowest BCUT2D eigenvalue weighted by atomic mass is 9.99. The van der Waals surface area contributed by atoms with Crippen molar-refractivity contribution in [2.45, 2.75) is 45.3 Å². The number of nitrogens with one attached hydrogen (secondary N) is 2. The van der Waals surface area contributed by atoms with Crippen LogP contribution in [-0.4, -0.2) is 41.9 Å². The standard InChI is InChI=1S/C12H22N2O4/c1-12(2,3)18-11(17)14-9(7-15)6-8-4-5-13-10(8)16/h8-9,15H,4-7H2,1-3H3,(H,13,16)(H,14,17)/t8-,9-/m0/s1/i/hD. The number of alkyl carbamates (subject to hydrolysis) is 1. The number of aliphatic hydroxyl groups is 1. The highest BCUT2D eigenvalue weighted by molar-refractivity contribution is 5.80. The van der Waals surface area contributed by atoms with Gasteiger partial charge in [-0.1, -0.05) is 0 Å². The summed E-state index contributed by atoms with van der Waals surface area (Å²) in [6.07, 6.45) is 0.290. The Hall–Kier alpha value is -1.30. The molecule has 2 atom stereocenters. The Kier molecular flexibility index (Phi) is 4.41. The molecule has 3 N–H and O–H groups in total. The average Bonchev–Trinajstić information content (AvgIpc) is 2.57. The van der Waals surface area contributed by atoms with Crippen LogP contribution in [0.15, 0.2) is 0 Å². The van der Waals surface area contributed by atoms with E-state index in [1.807, 2.05) is 0 Å². The molecule has 0 aromatic rings. The number of carbonyl (C=O) groups is 2. The molecule has 0 unspecified atom stereocenters. The van der Waals surface area contributed by atoms with Crippen molar-refractivity contribution in [1.82, 2.24) is 10.6 Å². The highest BCUT2D eigenvalue weighted by atomic mass is 16.6. The van der Waals surface area contributed by atoms with Gasteiger partial charge in [0.05, 0.1) is 12.6 Å². The molecule has 6 nitrogen and oxygen atoms in total. The molecule has 1 aliphatic heterocycles. The Labute approximate surface area is 109 Å². The first-order valence-electron chi connectivity index (χ1n) is 6.58. The van der Waals surface area contributed by atoms with Gasteiger partial charge in [0.15, 0.2) is 1.41 Å². The van der Waals surface area contributed by atoms with Gasteiger partial charge in [0.2, 0.25) is 5.91 Å². The molecule has 1 fully saturated rings. The predicted molar refractivity (Wildman–Crippen MR) is 66.0 cm³/mol. The fraction of sp³-hybridized carbons (Fsp3) is 0.833. The molecule has 1 heterocycles. The van der Waals surface area contributed by atoms with Gasteiger partial charge in [0.1, 0.15) is 5.60 Å². The van der Waals surface area contributed by atoms with Crippen LogP contribution < -0.4 is 10.6 Å². The van der Waals surface area contributed by atoms with E-state index in [9.17, 15) is 14.7 Å². The summed E-state index contributed by atoms with van der Waals surface area (Å²) in [6, 6.07) is -0.532. The molecule has 0 aromatic heterocycles. The maximum absolute atomic E-state index is 11.6. The molecule has 2 amide bonds. The minimum Gasteiger partial charge on any atom is -0.444 e. The van der Waals surface area contributed by atoms with Crippen molar-refractivity contribution in [2.75, 3.05) is 13.2 Å². The second-order valence-electron chi connectivity index (χ2n) is 5.47. The van der Waals surface area contributed by atoms with E-state index in [0.717, 1.165) is 5.31 Å². The van der Waals surface area contributed by atoms with Crippen molar-refractivity contribution in [3.63, 3.8) is 0 Å². The fourth-order valence-electron chi connectivity index (χ4n) is 1.80. The number of aliphatic hydroxyl groups excluding tert-OH is 1. The van der Waals surface area contributed by atoms with E-state index >= 15 is 0 Å². The van der Waals surface area contributed by atoms with Gasteiger partial charge >= 0.3 is 6.09 Å². The summed E-state index contributed by atoms with van der Waals surface area (Å²) >= 11 is 0. The Morgan fingerprint density at radius 2 is 2.39 bits per heavy atom. The summed E-state index contributed by atoms with van der Waals surface area (Å²) in [6.45, 7) is 5.38. The van der Waals surface area contributed by atoms with Gasteiger partial charge in [-0.3, -0.25) is 4.79 Å². The Morgan fingerprint density at radius 3 is 2.83 bits per heavy atom. The number of hydrogen-bond acceptors (Lipinski definition) is 4. The Bertz CT molecular complexity index is 343. The van der Waals surface area contributed by atoms with Gasteiger partial charge in [-0.15, -0.1) is 0 Å². The molecule has 1 aliphatic rings. The van der Waals surface area contributed by atoms with Crippen LogP contribution in [0, 0.1) is 5.92 Å². The van der Waals surface area contributed by atoms with Crippen LogP contribution in [-0.2, 0) is 9.53 Å². The van der Waals surface area contributed by atoms with Gasteiger partial charge < -0.3 is 20.5 Å². The van der Waals surface area contributed by atoms with E-state index in [1.54, 1.807) is 20.8 Å². The molecule has 0 aromatic carbocycles. The average molecular weight is 259 g/mol. The van der Waals surface area contributed by atoms with Crippen molar-refractivity contribution >= 4 is 12.0 Å². The maximum Gasteiger partial charge on any atom is 0.407 e. The second-order valence-corrected chi connectivity index (χ2v) is 5.47. The molecule has 0 aliphatic carbocycles. The predicted octanol–water partition coefficient (Wildman–Crippen LogP) is 0.398. The third-order valence-corrected chi connectivity index (χ3v) is 2.60. The SMILES string of the molecule is [2H]N1CC[C@@H](C[C@@H](CO)NC(=O)OC(C)(C)C)C1=O. The number of hydrogen-bond donors (Lipinski definition) is 3. The zero-order chi connectivity index (χ0) is 14.6. The van der Waals surface area contributed by atoms with Crippen molar-refractivity contribution in [3.8, 4) is 0 Å². The summed E-state index contributed by atoms with van der Waals surface area (Å²) in [5.41, 5.74) is -0.606. The van der Waals surface area contributed by atoms with Crippen LogP contribution in [0.3, 0.4) is 0 Å². The molecule has 18 heavy (non-hydrogen) atoms. The van der Waals surface area contributed by atoms with Crippen LogP contribution in [0.2, 0.25) is 1.41 Å². The summed E-state index contributed by atoms with van der Waals surface area (Å²) in [5, 5.41) is 12.7. The van der Waals surface area contributed by atoms with E-state index in [0.29, 0.717) is 19.4 Å². The van der Waals surface area contributed by atoms with E-state index < -0.39 is 17.7 Å². The van der Waals surface area contributed by atoms with Crippen molar-refractivity contribution in [2.24, 2.45) is 5.92 Å². The highest BCUT2D eigenvalue weighted by Crippen LogP contribution is 2.16. The minimum absolute atomic E-state index is 0.260. The minimum atomic E-state index is -0.611. The quantitative estimate of drug-likeness (QED) is 0.682. The zero-order valence-electron chi connectivity index (χ0n) is 12.1. The summed E-state index contributed by atoms with van der Waals surface area (Å²) in [4.78, 5) is 23.2. The van der Waals surface area contributed by atoms with Crippen molar-refractivity contribution in [3.05, 3.63) is 0 Å². The monoisotopic (exact) mass is 259 g/mol. The summed E-state index contributed by atoms with van der Waals surface area (Å²) < 4.78 is 12.4. The Balaban J connectivity index is 2.46.